The third kappa shape index (κ3) is 5.56. The Labute approximate surface area is 132 Å². The summed E-state index contributed by atoms with van der Waals surface area (Å²) < 4.78 is 0. The Morgan fingerprint density at radius 1 is 1.43 bits per heavy atom. The van der Waals surface area contributed by atoms with E-state index in [1.54, 1.807) is 7.05 Å². The van der Waals surface area contributed by atoms with Gasteiger partial charge in [-0.05, 0) is 30.7 Å². The molecule has 0 spiro atoms. The maximum atomic E-state index is 11.7. The zero-order valence-electron chi connectivity index (χ0n) is 13.4. The molecular weight excluding hydrogens is 286 g/mol. The molecule has 1 rings (SSSR count). The Kier molecular flexibility index (Phi) is 7.54. The van der Waals surface area contributed by atoms with Gasteiger partial charge in [-0.25, -0.2) is 0 Å². The number of nitrogens with one attached hydrogen (secondary N) is 2. The summed E-state index contributed by atoms with van der Waals surface area (Å²) in [7, 11) is 3.66. The van der Waals surface area contributed by atoms with E-state index in [4.69, 9.17) is 11.6 Å². The van der Waals surface area contributed by atoms with E-state index < -0.39 is 0 Å². The minimum absolute atomic E-state index is 0.0505. The van der Waals surface area contributed by atoms with Gasteiger partial charge in [0.25, 0.3) is 0 Å². The molecule has 4 nitrogen and oxygen atoms in total. The Morgan fingerprint density at radius 2 is 2.14 bits per heavy atom. The van der Waals surface area contributed by atoms with Crippen LogP contribution < -0.4 is 15.5 Å². The van der Waals surface area contributed by atoms with Crippen LogP contribution in [0.5, 0.6) is 0 Å². The normalized spacial score (nSPS) is 12.0. The molecule has 0 aromatic heterocycles. The average molecular weight is 312 g/mol. The van der Waals surface area contributed by atoms with Crippen LogP contribution in [0, 0.1) is 5.92 Å². The van der Waals surface area contributed by atoms with Gasteiger partial charge >= 0.3 is 0 Å². The first-order chi connectivity index (χ1) is 9.99. The van der Waals surface area contributed by atoms with Crippen molar-refractivity contribution in [1.82, 2.24) is 10.6 Å². The molecule has 21 heavy (non-hydrogen) atoms. The lowest BCUT2D eigenvalue weighted by Gasteiger charge is -2.25. The third-order valence-electron chi connectivity index (χ3n) is 3.44. The minimum Gasteiger partial charge on any atom is -0.374 e. The molecule has 2 N–H and O–H groups in total. The van der Waals surface area contributed by atoms with Crippen LogP contribution in [0.1, 0.15) is 25.8 Å². The predicted molar refractivity (Wildman–Crippen MR) is 90.0 cm³/mol. The summed E-state index contributed by atoms with van der Waals surface area (Å²) in [5.41, 5.74) is 2.27. The fourth-order valence-electron chi connectivity index (χ4n) is 2.28. The highest BCUT2D eigenvalue weighted by Gasteiger charge is 2.16. The third-order valence-corrected chi connectivity index (χ3v) is 3.68. The van der Waals surface area contributed by atoms with Crippen molar-refractivity contribution in [3.05, 3.63) is 28.8 Å². The topological polar surface area (TPSA) is 44.4 Å². The van der Waals surface area contributed by atoms with E-state index in [1.165, 1.54) is 5.56 Å². The van der Waals surface area contributed by atoms with Gasteiger partial charge < -0.3 is 15.5 Å². The number of anilines is 1. The molecule has 1 atom stereocenters. The highest BCUT2D eigenvalue weighted by atomic mass is 35.5. The van der Waals surface area contributed by atoms with Crippen molar-refractivity contribution < 1.29 is 4.79 Å². The van der Waals surface area contributed by atoms with Crippen molar-refractivity contribution in [3.8, 4) is 0 Å². The molecule has 1 aromatic rings. The monoisotopic (exact) mass is 311 g/mol. The van der Waals surface area contributed by atoms with Gasteiger partial charge in [-0.2, -0.15) is 0 Å². The molecular formula is C16H26ClN3O. The minimum atomic E-state index is -0.0737. The molecule has 5 heteroatoms. The van der Waals surface area contributed by atoms with Gasteiger partial charge in [-0.1, -0.05) is 31.5 Å². The van der Waals surface area contributed by atoms with Gasteiger partial charge in [0.2, 0.25) is 5.91 Å². The lowest BCUT2D eigenvalue weighted by atomic mass is 10.1. The van der Waals surface area contributed by atoms with Gasteiger partial charge in [-0.15, -0.1) is 0 Å². The first-order valence-corrected chi connectivity index (χ1v) is 7.79. The molecule has 0 saturated heterocycles. The van der Waals surface area contributed by atoms with Gasteiger partial charge in [-0.3, -0.25) is 4.79 Å². The van der Waals surface area contributed by atoms with E-state index >= 15 is 0 Å². The van der Waals surface area contributed by atoms with Crippen LogP contribution in [-0.4, -0.2) is 33.1 Å². The number of amides is 1. The summed E-state index contributed by atoms with van der Waals surface area (Å²) in [5, 5.41) is 6.80. The summed E-state index contributed by atoms with van der Waals surface area (Å²) in [5.74, 6) is -0.0232. The van der Waals surface area contributed by atoms with Gasteiger partial charge in [0.15, 0.2) is 0 Å². The van der Waals surface area contributed by atoms with Gasteiger partial charge in [0.1, 0.15) is 0 Å². The van der Waals surface area contributed by atoms with E-state index in [9.17, 15) is 4.79 Å². The molecule has 0 saturated carbocycles. The van der Waals surface area contributed by atoms with Crippen LogP contribution in [0.2, 0.25) is 5.02 Å². The molecule has 1 unspecified atom stereocenters. The summed E-state index contributed by atoms with van der Waals surface area (Å²) in [6.45, 7) is 6.52. The van der Waals surface area contributed by atoms with Crippen molar-refractivity contribution in [2.75, 3.05) is 32.1 Å². The quantitative estimate of drug-likeness (QED) is 0.726. The summed E-state index contributed by atoms with van der Waals surface area (Å²) >= 11 is 6.12. The number of hydrogen-bond acceptors (Lipinski definition) is 3. The molecule has 0 radical (unpaired) electrons. The van der Waals surface area contributed by atoms with E-state index in [0.29, 0.717) is 11.6 Å². The van der Waals surface area contributed by atoms with Crippen molar-refractivity contribution in [1.29, 1.82) is 0 Å². The molecule has 0 aliphatic carbocycles. The van der Waals surface area contributed by atoms with Crippen LogP contribution in [0.4, 0.5) is 5.69 Å². The summed E-state index contributed by atoms with van der Waals surface area (Å²) in [6, 6.07) is 5.91. The van der Waals surface area contributed by atoms with Crippen LogP contribution in [-0.2, 0) is 11.3 Å². The number of carbonyl (C=O) groups is 1. The Morgan fingerprint density at radius 3 is 2.76 bits per heavy atom. The lowest BCUT2D eigenvalue weighted by Crippen LogP contribution is -2.34. The molecule has 1 aromatic carbocycles. The molecule has 0 aliphatic heterocycles. The predicted octanol–water partition coefficient (Wildman–Crippen LogP) is 2.66. The number of hydrogen-bond donors (Lipinski definition) is 2. The van der Waals surface area contributed by atoms with E-state index in [2.05, 4.69) is 22.5 Å². The molecule has 0 fully saturated rings. The number of benzene rings is 1. The highest BCUT2D eigenvalue weighted by Crippen LogP contribution is 2.25. The largest absolute Gasteiger partial charge is 0.374 e. The lowest BCUT2D eigenvalue weighted by molar-refractivity contribution is -0.123. The molecule has 0 bridgehead atoms. The number of rotatable bonds is 8. The molecule has 118 valence electrons. The van der Waals surface area contributed by atoms with Crippen LogP contribution >= 0.6 is 11.6 Å². The maximum absolute atomic E-state index is 11.7. The Hall–Kier alpha value is -1.26. The van der Waals surface area contributed by atoms with E-state index in [1.807, 2.05) is 32.2 Å². The van der Waals surface area contributed by atoms with Crippen molar-refractivity contribution in [2.45, 2.75) is 26.8 Å². The SMILES string of the molecule is CCCNCc1ccc(Cl)cc1N(C)CC(C)C(=O)NC. The van der Waals surface area contributed by atoms with Crippen LogP contribution in [0.25, 0.3) is 0 Å². The smallest absolute Gasteiger partial charge is 0.224 e. The molecule has 0 aliphatic rings. The standard InChI is InChI=1S/C16H26ClN3O/c1-5-8-19-10-13-6-7-14(17)9-15(13)20(4)11-12(2)16(21)18-3/h6-7,9,12,19H,5,8,10-11H2,1-4H3,(H,18,21). The summed E-state index contributed by atoms with van der Waals surface area (Å²) in [6.07, 6.45) is 1.10. The average Bonchev–Trinajstić information content (AvgIpc) is 2.47. The first kappa shape index (κ1) is 17.8. The Bertz CT molecular complexity index is 465. The Balaban J connectivity index is 2.83. The number of nitrogens with zero attached hydrogens (tertiary/aromatic N) is 1. The second-order valence-electron chi connectivity index (χ2n) is 5.35. The zero-order chi connectivity index (χ0) is 15.8. The molecule has 1 amide bonds. The van der Waals surface area contributed by atoms with Crippen molar-refractivity contribution in [3.63, 3.8) is 0 Å². The van der Waals surface area contributed by atoms with E-state index in [0.717, 1.165) is 25.2 Å². The van der Waals surface area contributed by atoms with Crippen LogP contribution in [0.15, 0.2) is 18.2 Å². The number of halogens is 1. The highest BCUT2D eigenvalue weighted by molar-refractivity contribution is 6.30. The fourth-order valence-corrected chi connectivity index (χ4v) is 2.45. The second-order valence-corrected chi connectivity index (χ2v) is 5.78. The van der Waals surface area contributed by atoms with Crippen molar-refractivity contribution in [2.24, 2.45) is 5.92 Å². The number of carbonyl (C=O) groups excluding carboxylic acids is 1. The fraction of sp³-hybridized carbons (Fsp3) is 0.562. The second kappa shape index (κ2) is 8.90. The van der Waals surface area contributed by atoms with Gasteiger partial charge in [0.05, 0.1) is 5.92 Å². The van der Waals surface area contributed by atoms with Crippen LogP contribution in [0.3, 0.4) is 0 Å². The molecule has 0 heterocycles. The first-order valence-electron chi connectivity index (χ1n) is 7.41. The van der Waals surface area contributed by atoms with Crippen molar-refractivity contribution >= 4 is 23.2 Å². The summed E-state index contributed by atoms with van der Waals surface area (Å²) in [4.78, 5) is 13.8. The van der Waals surface area contributed by atoms with E-state index in [-0.39, 0.29) is 11.8 Å². The maximum Gasteiger partial charge on any atom is 0.224 e. The van der Waals surface area contributed by atoms with Gasteiger partial charge in [0, 0.05) is 37.9 Å². The zero-order valence-corrected chi connectivity index (χ0v) is 14.1.